The van der Waals surface area contributed by atoms with Gasteiger partial charge in [0.15, 0.2) is 5.56 Å². The highest BCUT2D eigenvalue weighted by molar-refractivity contribution is 6.20. The summed E-state index contributed by atoms with van der Waals surface area (Å²) < 4.78 is 5.08. The van der Waals surface area contributed by atoms with Crippen LogP contribution < -0.4 is 0 Å². The number of unbranched alkanes of at least 4 members (excludes halogenated alkanes) is 1. The first-order chi connectivity index (χ1) is 7.72. The third kappa shape index (κ3) is 5.17. The van der Waals surface area contributed by atoms with Crippen molar-refractivity contribution in [2.75, 3.05) is 0 Å². The van der Waals surface area contributed by atoms with E-state index >= 15 is 0 Å². The van der Waals surface area contributed by atoms with E-state index in [4.69, 9.17) is 16.3 Å². The molecular formula is C13H17ClO2. The summed E-state index contributed by atoms with van der Waals surface area (Å²) in [6.07, 6.45) is 3.04. The van der Waals surface area contributed by atoms with Crippen LogP contribution >= 0.6 is 11.6 Å². The van der Waals surface area contributed by atoms with Gasteiger partial charge in [0.25, 0.3) is 0 Å². The lowest BCUT2D eigenvalue weighted by Gasteiger charge is -2.10. The Hall–Kier alpha value is -1.02. The molecule has 1 unspecified atom stereocenters. The van der Waals surface area contributed by atoms with E-state index in [1.54, 1.807) is 0 Å². The molecule has 0 aliphatic heterocycles. The number of benzene rings is 1. The largest absolute Gasteiger partial charge is 0.446 e. The molecule has 3 heteroatoms. The SMILES string of the molecule is CCCCC(Cl)OC(=O)Cc1ccccc1. The van der Waals surface area contributed by atoms with Gasteiger partial charge in [0.05, 0.1) is 6.42 Å². The Bertz CT molecular complexity index is 311. The predicted molar refractivity (Wildman–Crippen MR) is 65.4 cm³/mol. The lowest BCUT2D eigenvalue weighted by atomic mass is 10.2. The summed E-state index contributed by atoms with van der Waals surface area (Å²) in [7, 11) is 0. The second-order valence-electron chi connectivity index (χ2n) is 3.70. The summed E-state index contributed by atoms with van der Waals surface area (Å²) in [6.45, 7) is 2.08. The number of ether oxygens (including phenoxy) is 1. The zero-order valence-electron chi connectivity index (χ0n) is 9.49. The van der Waals surface area contributed by atoms with Crippen molar-refractivity contribution in [3.05, 3.63) is 35.9 Å². The Balaban J connectivity index is 2.31. The fraction of sp³-hybridized carbons (Fsp3) is 0.462. The maximum absolute atomic E-state index is 11.5. The first kappa shape index (κ1) is 13.0. The summed E-state index contributed by atoms with van der Waals surface area (Å²) in [4.78, 5) is 11.5. The van der Waals surface area contributed by atoms with Gasteiger partial charge in [-0.05, 0) is 18.4 Å². The van der Waals surface area contributed by atoms with Gasteiger partial charge in [-0.3, -0.25) is 4.79 Å². The Morgan fingerprint density at radius 1 is 1.38 bits per heavy atom. The molecule has 0 bridgehead atoms. The number of hydrogen-bond donors (Lipinski definition) is 0. The summed E-state index contributed by atoms with van der Waals surface area (Å²) >= 11 is 5.88. The fourth-order valence-electron chi connectivity index (χ4n) is 1.37. The average molecular weight is 241 g/mol. The topological polar surface area (TPSA) is 26.3 Å². The van der Waals surface area contributed by atoms with Crippen LogP contribution in [0.3, 0.4) is 0 Å². The standard InChI is InChI=1S/C13H17ClO2/c1-2-3-9-12(14)16-13(15)10-11-7-5-4-6-8-11/h4-8,12H,2-3,9-10H2,1H3. The van der Waals surface area contributed by atoms with Crippen molar-refractivity contribution in [3.8, 4) is 0 Å². The van der Waals surface area contributed by atoms with Crippen LogP contribution in [0.4, 0.5) is 0 Å². The maximum atomic E-state index is 11.5. The number of halogens is 1. The van der Waals surface area contributed by atoms with Crippen molar-refractivity contribution in [2.24, 2.45) is 0 Å². The van der Waals surface area contributed by atoms with Gasteiger partial charge in [-0.25, -0.2) is 0 Å². The third-order valence-electron chi connectivity index (χ3n) is 2.24. The molecule has 0 aromatic heterocycles. The van der Waals surface area contributed by atoms with Crippen molar-refractivity contribution in [1.29, 1.82) is 0 Å². The molecule has 88 valence electrons. The average Bonchev–Trinajstić information content (AvgIpc) is 2.27. The molecule has 2 nitrogen and oxygen atoms in total. The van der Waals surface area contributed by atoms with Gasteiger partial charge in [0, 0.05) is 0 Å². The Labute approximate surface area is 102 Å². The number of hydrogen-bond acceptors (Lipinski definition) is 2. The van der Waals surface area contributed by atoms with Crippen LogP contribution in [-0.4, -0.2) is 11.5 Å². The first-order valence-corrected chi connectivity index (χ1v) is 6.03. The molecule has 0 heterocycles. The van der Waals surface area contributed by atoms with E-state index in [-0.39, 0.29) is 12.4 Å². The normalized spacial score (nSPS) is 12.1. The van der Waals surface area contributed by atoms with Crippen LogP contribution in [0.2, 0.25) is 0 Å². The molecule has 0 radical (unpaired) electrons. The molecule has 0 saturated carbocycles. The lowest BCUT2D eigenvalue weighted by Crippen LogP contribution is -2.14. The molecule has 1 aromatic carbocycles. The van der Waals surface area contributed by atoms with Crippen LogP contribution in [0.5, 0.6) is 0 Å². The zero-order valence-corrected chi connectivity index (χ0v) is 10.2. The van der Waals surface area contributed by atoms with E-state index in [1.165, 1.54) is 0 Å². The predicted octanol–water partition coefficient (Wildman–Crippen LogP) is 3.53. The molecule has 0 aliphatic carbocycles. The second-order valence-corrected chi connectivity index (χ2v) is 4.19. The molecule has 0 saturated heterocycles. The summed E-state index contributed by atoms with van der Waals surface area (Å²) in [5.41, 5.74) is 0.461. The monoisotopic (exact) mass is 240 g/mol. The minimum absolute atomic E-state index is 0.262. The van der Waals surface area contributed by atoms with Gasteiger partial charge in [-0.15, -0.1) is 0 Å². The highest BCUT2D eigenvalue weighted by atomic mass is 35.5. The van der Waals surface area contributed by atoms with Crippen LogP contribution in [0.15, 0.2) is 30.3 Å². The highest BCUT2D eigenvalue weighted by Crippen LogP contribution is 2.10. The smallest absolute Gasteiger partial charge is 0.311 e. The van der Waals surface area contributed by atoms with Gasteiger partial charge in [-0.1, -0.05) is 55.3 Å². The van der Waals surface area contributed by atoms with Crippen molar-refractivity contribution >= 4 is 17.6 Å². The van der Waals surface area contributed by atoms with Crippen molar-refractivity contribution in [2.45, 2.75) is 38.2 Å². The first-order valence-electron chi connectivity index (χ1n) is 5.60. The van der Waals surface area contributed by atoms with Crippen molar-refractivity contribution in [3.63, 3.8) is 0 Å². The van der Waals surface area contributed by atoms with Gasteiger partial charge >= 0.3 is 5.97 Å². The summed E-state index contributed by atoms with van der Waals surface area (Å²) in [6, 6.07) is 9.52. The van der Waals surface area contributed by atoms with Gasteiger partial charge in [0.1, 0.15) is 0 Å². The van der Waals surface area contributed by atoms with E-state index < -0.39 is 5.56 Å². The number of rotatable bonds is 6. The Morgan fingerprint density at radius 3 is 2.69 bits per heavy atom. The Morgan fingerprint density at radius 2 is 2.06 bits per heavy atom. The molecule has 0 fully saturated rings. The van der Waals surface area contributed by atoms with Gasteiger partial charge in [0.2, 0.25) is 0 Å². The quantitative estimate of drug-likeness (QED) is 0.562. The van der Waals surface area contributed by atoms with E-state index in [2.05, 4.69) is 6.92 Å². The Kier molecular flexibility index (Phi) is 5.94. The molecule has 1 atom stereocenters. The summed E-state index contributed by atoms with van der Waals surface area (Å²) in [5, 5.41) is 0. The second kappa shape index (κ2) is 7.29. The molecule has 0 N–H and O–H groups in total. The summed E-state index contributed by atoms with van der Waals surface area (Å²) in [5.74, 6) is -0.262. The number of carbonyl (C=O) groups is 1. The minimum atomic E-state index is -0.490. The molecule has 1 rings (SSSR count). The highest BCUT2D eigenvalue weighted by Gasteiger charge is 2.11. The molecule has 1 aromatic rings. The van der Waals surface area contributed by atoms with Crippen LogP contribution in [0.25, 0.3) is 0 Å². The van der Waals surface area contributed by atoms with Crippen LogP contribution in [0.1, 0.15) is 31.7 Å². The number of alkyl halides is 1. The molecular weight excluding hydrogens is 224 g/mol. The fourth-order valence-corrected chi connectivity index (χ4v) is 1.62. The molecule has 16 heavy (non-hydrogen) atoms. The van der Waals surface area contributed by atoms with Gasteiger partial charge < -0.3 is 4.74 Å². The van der Waals surface area contributed by atoms with Crippen molar-refractivity contribution in [1.82, 2.24) is 0 Å². The zero-order chi connectivity index (χ0) is 11.8. The number of esters is 1. The van der Waals surface area contributed by atoms with Crippen LogP contribution in [0, 0.1) is 0 Å². The maximum Gasteiger partial charge on any atom is 0.311 e. The number of carbonyl (C=O) groups excluding carboxylic acids is 1. The third-order valence-corrected chi connectivity index (χ3v) is 2.54. The van der Waals surface area contributed by atoms with Crippen molar-refractivity contribution < 1.29 is 9.53 Å². The van der Waals surface area contributed by atoms with Gasteiger partial charge in [-0.2, -0.15) is 0 Å². The van der Waals surface area contributed by atoms with E-state index in [9.17, 15) is 4.79 Å². The van der Waals surface area contributed by atoms with E-state index in [0.717, 1.165) is 24.8 Å². The van der Waals surface area contributed by atoms with E-state index in [0.29, 0.717) is 0 Å². The minimum Gasteiger partial charge on any atom is -0.446 e. The molecule has 0 amide bonds. The lowest BCUT2D eigenvalue weighted by molar-refractivity contribution is -0.144. The van der Waals surface area contributed by atoms with E-state index in [1.807, 2.05) is 30.3 Å². The molecule has 0 spiro atoms. The molecule has 0 aliphatic rings. The van der Waals surface area contributed by atoms with Crippen LogP contribution in [-0.2, 0) is 16.0 Å².